The average Bonchev–Trinajstić information content (AvgIpc) is 2.78. The SMILES string of the molecule is COc1ccc(/C=C/C(=O)N[C@@H](CC(C)C)C(=O)N[C@H](C=O)CC2CCCNC2=O)cc1. The van der Waals surface area contributed by atoms with Gasteiger partial charge in [0.2, 0.25) is 17.7 Å². The molecular weight excluding hydrogens is 410 g/mol. The van der Waals surface area contributed by atoms with Crippen LogP contribution in [0.3, 0.4) is 0 Å². The third-order valence-corrected chi connectivity index (χ3v) is 5.31. The lowest BCUT2D eigenvalue weighted by molar-refractivity contribution is -0.130. The number of methoxy groups -OCH3 is 1. The molecule has 0 aromatic heterocycles. The van der Waals surface area contributed by atoms with Gasteiger partial charge in [-0.1, -0.05) is 26.0 Å². The first kappa shape index (κ1) is 25.1. The second-order valence-electron chi connectivity index (χ2n) is 8.41. The summed E-state index contributed by atoms with van der Waals surface area (Å²) in [5, 5.41) is 8.20. The molecule has 174 valence electrons. The lowest BCUT2D eigenvalue weighted by atomic mass is 9.91. The van der Waals surface area contributed by atoms with E-state index in [4.69, 9.17) is 4.74 Å². The van der Waals surface area contributed by atoms with Crippen molar-refractivity contribution in [3.63, 3.8) is 0 Å². The zero-order valence-electron chi connectivity index (χ0n) is 18.9. The summed E-state index contributed by atoms with van der Waals surface area (Å²) in [6.45, 7) is 4.53. The van der Waals surface area contributed by atoms with Crippen LogP contribution in [0.15, 0.2) is 30.3 Å². The largest absolute Gasteiger partial charge is 0.497 e. The van der Waals surface area contributed by atoms with Gasteiger partial charge >= 0.3 is 0 Å². The number of amides is 3. The second kappa shape index (κ2) is 12.6. The van der Waals surface area contributed by atoms with Crippen LogP contribution in [0.1, 0.15) is 45.1 Å². The van der Waals surface area contributed by atoms with Gasteiger partial charge in [-0.25, -0.2) is 0 Å². The Bertz CT molecular complexity index is 819. The summed E-state index contributed by atoms with van der Waals surface area (Å²) < 4.78 is 5.11. The van der Waals surface area contributed by atoms with E-state index < -0.39 is 23.9 Å². The van der Waals surface area contributed by atoms with E-state index >= 15 is 0 Å². The lowest BCUT2D eigenvalue weighted by Gasteiger charge is -2.26. The van der Waals surface area contributed by atoms with Crippen LogP contribution < -0.4 is 20.7 Å². The molecule has 0 radical (unpaired) electrons. The zero-order valence-corrected chi connectivity index (χ0v) is 18.9. The molecule has 3 atom stereocenters. The van der Waals surface area contributed by atoms with Crippen LogP contribution in [0.4, 0.5) is 0 Å². The molecule has 1 aromatic rings. The standard InChI is InChI=1S/C24H33N3O5/c1-16(2)13-21(27-22(29)11-8-17-6-9-20(32-3)10-7-17)24(31)26-19(15-28)14-18-5-4-12-25-23(18)30/h6-11,15-16,18-19,21H,4-5,12-14H2,1-3H3,(H,25,30)(H,26,31)(H,27,29)/b11-8+/t18?,19-,21-/m0/s1. The molecule has 0 bridgehead atoms. The van der Waals surface area contributed by atoms with Gasteiger partial charge in [-0.2, -0.15) is 0 Å². The Morgan fingerprint density at radius 2 is 1.94 bits per heavy atom. The van der Waals surface area contributed by atoms with Crippen molar-refractivity contribution < 1.29 is 23.9 Å². The predicted octanol–water partition coefficient (Wildman–Crippen LogP) is 1.84. The van der Waals surface area contributed by atoms with Crippen LogP contribution in [0, 0.1) is 11.8 Å². The minimum absolute atomic E-state index is 0.0898. The molecule has 8 heteroatoms. The second-order valence-corrected chi connectivity index (χ2v) is 8.41. The van der Waals surface area contributed by atoms with E-state index in [2.05, 4.69) is 16.0 Å². The van der Waals surface area contributed by atoms with Crippen LogP contribution >= 0.6 is 0 Å². The van der Waals surface area contributed by atoms with Crippen molar-refractivity contribution in [2.75, 3.05) is 13.7 Å². The highest BCUT2D eigenvalue weighted by molar-refractivity contribution is 5.96. The van der Waals surface area contributed by atoms with Gasteiger partial charge in [0.25, 0.3) is 0 Å². The Morgan fingerprint density at radius 3 is 2.53 bits per heavy atom. The quantitative estimate of drug-likeness (QED) is 0.357. The molecule has 1 heterocycles. The summed E-state index contributed by atoms with van der Waals surface area (Å²) in [6, 6.07) is 5.65. The molecular formula is C24H33N3O5. The van der Waals surface area contributed by atoms with Gasteiger partial charge in [0.15, 0.2) is 0 Å². The first-order chi connectivity index (χ1) is 15.3. The molecule has 1 aliphatic rings. The number of aldehydes is 1. The fourth-order valence-corrected chi connectivity index (χ4v) is 3.61. The van der Waals surface area contributed by atoms with Crippen LogP contribution in [0.25, 0.3) is 6.08 Å². The van der Waals surface area contributed by atoms with Crippen LogP contribution in [-0.2, 0) is 19.2 Å². The molecule has 1 unspecified atom stereocenters. The molecule has 32 heavy (non-hydrogen) atoms. The maximum absolute atomic E-state index is 12.8. The summed E-state index contributed by atoms with van der Waals surface area (Å²) >= 11 is 0. The molecule has 0 aliphatic carbocycles. The molecule has 0 saturated carbocycles. The normalized spacial score (nSPS) is 18.0. The van der Waals surface area contributed by atoms with E-state index in [9.17, 15) is 19.2 Å². The number of rotatable bonds is 11. The van der Waals surface area contributed by atoms with Crippen molar-refractivity contribution in [1.29, 1.82) is 0 Å². The Labute approximate surface area is 189 Å². The fourth-order valence-electron chi connectivity index (χ4n) is 3.61. The number of carbonyl (C=O) groups is 4. The molecule has 1 aliphatic heterocycles. The maximum atomic E-state index is 12.8. The maximum Gasteiger partial charge on any atom is 0.244 e. The summed E-state index contributed by atoms with van der Waals surface area (Å²) in [6.07, 6.45) is 5.87. The minimum atomic E-state index is -0.786. The van der Waals surface area contributed by atoms with Crippen molar-refractivity contribution in [3.05, 3.63) is 35.9 Å². The number of nitrogens with one attached hydrogen (secondary N) is 3. The zero-order chi connectivity index (χ0) is 23.5. The van der Waals surface area contributed by atoms with E-state index in [0.717, 1.165) is 17.7 Å². The first-order valence-corrected chi connectivity index (χ1v) is 11.0. The highest BCUT2D eigenvalue weighted by atomic mass is 16.5. The molecule has 3 amide bonds. The van der Waals surface area contributed by atoms with Gasteiger partial charge in [-0.15, -0.1) is 0 Å². The first-order valence-electron chi connectivity index (χ1n) is 11.0. The number of benzene rings is 1. The third-order valence-electron chi connectivity index (χ3n) is 5.31. The molecule has 8 nitrogen and oxygen atoms in total. The summed E-state index contributed by atoms with van der Waals surface area (Å²) in [4.78, 5) is 48.8. The van der Waals surface area contributed by atoms with Crippen molar-refractivity contribution in [1.82, 2.24) is 16.0 Å². The number of piperidine rings is 1. The Balaban J connectivity index is 1.97. The summed E-state index contributed by atoms with van der Waals surface area (Å²) in [5.41, 5.74) is 0.817. The van der Waals surface area contributed by atoms with Crippen molar-refractivity contribution in [2.24, 2.45) is 11.8 Å². The molecule has 3 N–H and O–H groups in total. The number of carbonyl (C=O) groups excluding carboxylic acids is 4. The van der Waals surface area contributed by atoms with Crippen molar-refractivity contribution in [2.45, 2.75) is 51.6 Å². The van der Waals surface area contributed by atoms with Gasteiger partial charge in [-0.05, 0) is 55.4 Å². The molecule has 2 rings (SSSR count). The van der Waals surface area contributed by atoms with Crippen molar-refractivity contribution in [3.8, 4) is 5.75 Å². The Hall–Kier alpha value is -3.16. The number of ether oxygens (including phenoxy) is 1. The predicted molar refractivity (Wildman–Crippen MR) is 122 cm³/mol. The van der Waals surface area contributed by atoms with Crippen molar-refractivity contribution >= 4 is 30.1 Å². The Morgan fingerprint density at radius 1 is 1.22 bits per heavy atom. The van der Waals surface area contributed by atoms with E-state index in [1.165, 1.54) is 6.08 Å². The van der Waals surface area contributed by atoms with Crippen LogP contribution in [-0.4, -0.2) is 49.7 Å². The van der Waals surface area contributed by atoms with E-state index in [-0.39, 0.29) is 24.2 Å². The van der Waals surface area contributed by atoms with E-state index in [1.807, 2.05) is 26.0 Å². The third kappa shape index (κ3) is 8.17. The molecule has 1 aromatic carbocycles. The highest BCUT2D eigenvalue weighted by Crippen LogP contribution is 2.17. The van der Waals surface area contributed by atoms with Crippen LogP contribution in [0.2, 0.25) is 0 Å². The highest BCUT2D eigenvalue weighted by Gasteiger charge is 2.28. The van der Waals surface area contributed by atoms with Gasteiger partial charge in [0.05, 0.1) is 13.2 Å². The molecule has 0 spiro atoms. The minimum Gasteiger partial charge on any atom is -0.497 e. The van der Waals surface area contributed by atoms with Gasteiger partial charge in [0, 0.05) is 18.5 Å². The summed E-state index contributed by atoms with van der Waals surface area (Å²) in [7, 11) is 1.58. The van der Waals surface area contributed by atoms with E-state index in [0.29, 0.717) is 25.7 Å². The number of hydrogen-bond acceptors (Lipinski definition) is 5. The topological polar surface area (TPSA) is 114 Å². The monoisotopic (exact) mass is 443 g/mol. The number of hydrogen-bond donors (Lipinski definition) is 3. The smallest absolute Gasteiger partial charge is 0.244 e. The van der Waals surface area contributed by atoms with Gasteiger partial charge in [-0.3, -0.25) is 14.4 Å². The summed E-state index contributed by atoms with van der Waals surface area (Å²) in [5.74, 6) is -0.363. The van der Waals surface area contributed by atoms with E-state index in [1.54, 1.807) is 25.3 Å². The fraction of sp³-hybridized carbons (Fsp3) is 0.500. The van der Waals surface area contributed by atoms with Gasteiger partial charge < -0.3 is 25.5 Å². The Kier molecular flexibility index (Phi) is 9.91. The molecule has 1 fully saturated rings. The average molecular weight is 444 g/mol. The molecule has 1 saturated heterocycles. The lowest BCUT2D eigenvalue weighted by Crippen LogP contribution is -2.51. The van der Waals surface area contributed by atoms with Crippen LogP contribution in [0.5, 0.6) is 5.75 Å². The van der Waals surface area contributed by atoms with Gasteiger partial charge in [0.1, 0.15) is 18.1 Å².